The standard InChI is InChI=1S/C19H21F2N3O5S/c1-2-27-17(26)14-5-3-4-10-24(14)15(25)11-30-19-23-22-16(29-19)12-6-8-13(9-7-12)28-18(20)21/h6-9,14,18H,2-5,10-11H2,1H3. The maximum atomic E-state index is 12.6. The number of nitrogens with zero attached hydrogens (tertiary/aromatic N) is 3. The number of carbonyl (C=O) groups is 2. The van der Waals surface area contributed by atoms with E-state index >= 15 is 0 Å². The molecule has 8 nitrogen and oxygen atoms in total. The van der Waals surface area contributed by atoms with Gasteiger partial charge in [-0.15, -0.1) is 10.2 Å². The Kier molecular flexibility index (Phi) is 7.61. The molecular weight excluding hydrogens is 420 g/mol. The number of hydrogen-bond acceptors (Lipinski definition) is 8. The summed E-state index contributed by atoms with van der Waals surface area (Å²) >= 11 is 1.07. The molecule has 2 heterocycles. The summed E-state index contributed by atoms with van der Waals surface area (Å²) in [6.45, 7) is -0.394. The number of hydrogen-bond donors (Lipinski definition) is 0. The Bertz CT molecular complexity index is 862. The Morgan fingerprint density at radius 2 is 2.03 bits per heavy atom. The van der Waals surface area contributed by atoms with E-state index in [0.717, 1.165) is 24.6 Å². The summed E-state index contributed by atoms with van der Waals surface area (Å²) in [6.07, 6.45) is 2.29. The minimum absolute atomic E-state index is 0.0196. The molecule has 1 atom stereocenters. The number of aromatic nitrogens is 2. The number of piperidine rings is 1. The molecule has 1 aliphatic rings. The molecule has 1 amide bonds. The van der Waals surface area contributed by atoms with E-state index in [9.17, 15) is 18.4 Å². The first-order chi connectivity index (χ1) is 14.5. The number of amides is 1. The van der Waals surface area contributed by atoms with E-state index in [4.69, 9.17) is 9.15 Å². The number of halogens is 2. The van der Waals surface area contributed by atoms with Gasteiger partial charge in [0.05, 0.1) is 12.4 Å². The number of esters is 1. The van der Waals surface area contributed by atoms with Gasteiger partial charge in [-0.3, -0.25) is 4.79 Å². The molecule has 2 aromatic rings. The fourth-order valence-electron chi connectivity index (χ4n) is 3.08. The number of carbonyl (C=O) groups excluding carboxylic acids is 2. The molecule has 1 aromatic heterocycles. The predicted octanol–water partition coefficient (Wildman–Crippen LogP) is 3.37. The van der Waals surface area contributed by atoms with Crippen molar-refractivity contribution in [3.05, 3.63) is 24.3 Å². The molecule has 3 rings (SSSR count). The van der Waals surface area contributed by atoms with Crippen molar-refractivity contribution < 1.29 is 32.3 Å². The maximum absolute atomic E-state index is 12.6. The first kappa shape index (κ1) is 22.0. The van der Waals surface area contributed by atoms with Gasteiger partial charge < -0.3 is 18.8 Å². The highest BCUT2D eigenvalue weighted by atomic mass is 32.2. The van der Waals surface area contributed by atoms with Gasteiger partial charge in [0.25, 0.3) is 5.22 Å². The summed E-state index contributed by atoms with van der Waals surface area (Å²) in [5, 5.41) is 8.00. The normalized spacial score (nSPS) is 16.5. The molecule has 0 saturated carbocycles. The Balaban J connectivity index is 1.58. The van der Waals surface area contributed by atoms with Crippen molar-refractivity contribution in [2.24, 2.45) is 0 Å². The molecule has 11 heteroatoms. The third kappa shape index (κ3) is 5.68. The van der Waals surface area contributed by atoms with Crippen LogP contribution in [0.2, 0.25) is 0 Å². The number of thioether (sulfide) groups is 1. The first-order valence-electron chi connectivity index (χ1n) is 9.45. The lowest BCUT2D eigenvalue weighted by molar-refractivity contribution is -0.155. The Hall–Kier alpha value is -2.69. The zero-order chi connectivity index (χ0) is 21.5. The highest BCUT2D eigenvalue weighted by molar-refractivity contribution is 7.99. The first-order valence-corrected chi connectivity index (χ1v) is 10.4. The lowest BCUT2D eigenvalue weighted by Gasteiger charge is -2.33. The van der Waals surface area contributed by atoms with Crippen molar-refractivity contribution in [1.82, 2.24) is 15.1 Å². The Morgan fingerprint density at radius 1 is 1.27 bits per heavy atom. The second-order valence-electron chi connectivity index (χ2n) is 6.42. The minimum Gasteiger partial charge on any atom is -0.464 e. The average Bonchev–Trinajstić information content (AvgIpc) is 3.21. The molecule has 0 aliphatic carbocycles. The molecule has 1 aromatic carbocycles. The van der Waals surface area contributed by atoms with E-state index < -0.39 is 12.7 Å². The van der Waals surface area contributed by atoms with E-state index in [0.29, 0.717) is 18.5 Å². The van der Waals surface area contributed by atoms with Gasteiger partial charge in [0.2, 0.25) is 11.8 Å². The molecule has 1 unspecified atom stereocenters. The summed E-state index contributed by atoms with van der Waals surface area (Å²) in [4.78, 5) is 26.3. The van der Waals surface area contributed by atoms with Gasteiger partial charge >= 0.3 is 12.6 Å². The van der Waals surface area contributed by atoms with Crippen LogP contribution in [0.15, 0.2) is 33.9 Å². The van der Waals surface area contributed by atoms with E-state index in [1.54, 1.807) is 11.8 Å². The van der Waals surface area contributed by atoms with Gasteiger partial charge in [-0.25, -0.2) is 4.79 Å². The molecule has 1 saturated heterocycles. The van der Waals surface area contributed by atoms with Crippen molar-refractivity contribution in [3.8, 4) is 17.2 Å². The van der Waals surface area contributed by atoms with Crippen LogP contribution in [-0.2, 0) is 14.3 Å². The largest absolute Gasteiger partial charge is 0.464 e. The SMILES string of the molecule is CCOC(=O)C1CCCCN1C(=O)CSc1nnc(-c2ccc(OC(F)F)cc2)o1. The number of likely N-dealkylation sites (tertiary alicyclic amines) is 1. The summed E-state index contributed by atoms with van der Waals surface area (Å²) < 4.78 is 39.3. The van der Waals surface area contributed by atoms with Crippen LogP contribution in [0, 0.1) is 0 Å². The maximum Gasteiger partial charge on any atom is 0.387 e. The molecule has 30 heavy (non-hydrogen) atoms. The average molecular weight is 441 g/mol. The summed E-state index contributed by atoms with van der Waals surface area (Å²) in [5.41, 5.74) is 0.528. The third-order valence-corrected chi connectivity index (χ3v) is 5.24. The van der Waals surface area contributed by atoms with Crippen LogP contribution in [-0.4, -0.2) is 58.5 Å². The van der Waals surface area contributed by atoms with Crippen LogP contribution in [0.4, 0.5) is 8.78 Å². The molecule has 1 aliphatic heterocycles. The molecule has 1 fully saturated rings. The molecule has 0 radical (unpaired) electrons. The van der Waals surface area contributed by atoms with Crippen molar-refractivity contribution in [1.29, 1.82) is 0 Å². The summed E-state index contributed by atoms with van der Waals surface area (Å²) in [5.74, 6) is -0.332. The fraction of sp³-hybridized carbons (Fsp3) is 0.474. The highest BCUT2D eigenvalue weighted by Crippen LogP contribution is 2.26. The van der Waals surface area contributed by atoms with Crippen LogP contribution in [0.25, 0.3) is 11.5 Å². The van der Waals surface area contributed by atoms with Crippen LogP contribution in [0.1, 0.15) is 26.2 Å². The number of ether oxygens (including phenoxy) is 2. The van der Waals surface area contributed by atoms with Crippen LogP contribution in [0.3, 0.4) is 0 Å². The highest BCUT2D eigenvalue weighted by Gasteiger charge is 2.33. The predicted molar refractivity (Wildman–Crippen MR) is 103 cm³/mol. The lowest BCUT2D eigenvalue weighted by atomic mass is 10.0. The Labute approximate surface area is 175 Å². The summed E-state index contributed by atoms with van der Waals surface area (Å²) in [6, 6.07) is 5.21. The van der Waals surface area contributed by atoms with Gasteiger partial charge in [0.1, 0.15) is 11.8 Å². The van der Waals surface area contributed by atoms with E-state index in [1.165, 1.54) is 24.3 Å². The third-order valence-electron chi connectivity index (χ3n) is 4.43. The molecule has 0 N–H and O–H groups in total. The van der Waals surface area contributed by atoms with Crippen molar-refractivity contribution in [3.63, 3.8) is 0 Å². The number of rotatable bonds is 8. The molecule has 0 bridgehead atoms. The van der Waals surface area contributed by atoms with Crippen molar-refractivity contribution in [2.75, 3.05) is 18.9 Å². The van der Waals surface area contributed by atoms with E-state index in [-0.39, 0.29) is 41.1 Å². The van der Waals surface area contributed by atoms with Crippen LogP contribution >= 0.6 is 11.8 Å². The van der Waals surface area contributed by atoms with Gasteiger partial charge in [-0.2, -0.15) is 8.78 Å². The minimum atomic E-state index is -2.90. The van der Waals surface area contributed by atoms with E-state index in [1.807, 2.05) is 0 Å². The lowest BCUT2D eigenvalue weighted by Crippen LogP contribution is -2.49. The fourth-order valence-corrected chi connectivity index (χ4v) is 3.73. The summed E-state index contributed by atoms with van der Waals surface area (Å²) in [7, 11) is 0. The van der Waals surface area contributed by atoms with Crippen molar-refractivity contribution >= 4 is 23.6 Å². The van der Waals surface area contributed by atoms with E-state index in [2.05, 4.69) is 14.9 Å². The molecule has 0 spiro atoms. The van der Waals surface area contributed by atoms with Crippen molar-refractivity contribution in [2.45, 2.75) is 44.1 Å². The van der Waals surface area contributed by atoms with Gasteiger partial charge in [0.15, 0.2) is 0 Å². The monoisotopic (exact) mass is 441 g/mol. The van der Waals surface area contributed by atoms with Crippen LogP contribution in [0.5, 0.6) is 5.75 Å². The van der Waals surface area contributed by atoms with Gasteiger partial charge in [-0.1, -0.05) is 11.8 Å². The number of alkyl halides is 2. The zero-order valence-electron chi connectivity index (χ0n) is 16.3. The Morgan fingerprint density at radius 3 is 2.73 bits per heavy atom. The molecular formula is C19H21F2N3O5S. The smallest absolute Gasteiger partial charge is 0.387 e. The van der Waals surface area contributed by atoms with Crippen LogP contribution < -0.4 is 4.74 Å². The second-order valence-corrected chi connectivity index (χ2v) is 7.34. The van der Waals surface area contributed by atoms with Gasteiger partial charge in [0, 0.05) is 12.1 Å². The molecule has 162 valence electrons. The van der Waals surface area contributed by atoms with Gasteiger partial charge in [-0.05, 0) is 50.5 Å². The topological polar surface area (TPSA) is 94.8 Å². The number of benzene rings is 1. The second kappa shape index (κ2) is 10.4. The quantitative estimate of drug-likeness (QED) is 0.455. The zero-order valence-corrected chi connectivity index (χ0v) is 17.1.